The van der Waals surface area contributed by atoms with E-state index in [1.54, 1.807) is 17.1 Å². The van der Waals surface area contributed by atoms with E-state index < -0.39 is 0 Å². The lowest BCUT2D eigenvalue weighted by Gasteiger charge is -2.15. The lowest BCUT2D eigenvalue weighted by atomic mass is 10.1. The van der Waals surface area contributed by atoms with Crippen LogP contribution in [0.25, 0.3) is 5.69 Å². The van der Waals surface area contributed by atoms with Gasteiger partial charge in [0.2, 0.25) is 0 Å². The van der Waals surface area contributed by atoms with Crippen molar-refractivity contribution in [1.82, 2.24) is 19.3 Å². The Morgan fingerprint density at radius 3 is 2.70 bits per heavy atom. The molecule has 0 aliphatic heterocycles. The SMILES string of the molecule is Cc1nccn1-c1ccc(C(C)Nc2cnn(CCO)c2)cc1. The van der Waals surface area contributed by atoms with Crippen LogP contribution in [-0.4, -0.2) is 31.0 Å². The van der Waals surface area contributed by atoms with Crippen molar-refractivity contribution < 1.29 is 5.11 Å². The maximum Gasteiger partial charge on any atom is 0.110 e. The highest BCUT2D eigenvalue weighted by Gasteiger charge is 2.08. The molecule has 1 unspecified atom stereocenters. The van der Waals surface area contributed by atoms with E-state index in [1.807, 2.05) is 19.3 Å². The average Bonchev–Trinajstić information content (AvgIpc) is 3.17. The number of aryl methyl sites for hydroxylation is 1. The number of anilines is 1. The summed E-state index contributed by atoms with van der Waals surface area (Å²) in [5.74, 6) is 0.972. The first-order chi connectivity index (χ1) is 11.2. The minimum atomic E-state index is 0.0891. The lowest BCUT2D eigenvalue weighted by molar-refractivity contribution is 0.269. The van der Waals surface area contributed by atoms with Gasteiger partial charge in [0, 0.05) is 30.3 Å². The van der Waals surface area contributed by atoms with Crippen molar-refractivity contribution in [2.45, 2.75) is 26.4 Å². The van der Waals surface area contributed by atoms with Gasteiger partial charge in [0.05, 0.1) is 25.0 Å². The van der Waals surface area contributed by atoms with E-state index in [0.717, 1.165) is 17.2 Å². The molecule has 6 heteroatoms. The lowest BCUT2D eigenvalue weighted by Crippen LogP contribution is -2.06. The molecule has 2 N–H and O–H groups in total. The zero-order chi connectivity index (χ0) is 16.2. The molecule has 3 rings (SSSR count). The first kappa shape index (κ1) is 15.3. The fourth-order valence-electron chi connectivity index (χ4n) is 2.57. The molecule has 0 fully saturated rings. The number of hydrogen-bond acceptors (Lipinski definition) is 4. The van der Waals surface area contributed by atoms with Crippen LogP contribution in [0, 0.1) is 6.92 Å². The second kappa shape index (κ2) is 6.66. The third-order valence-electron chi connectivity index (χ3n) is 3.84. The molecule has 0 spiro atoms. The molecular weight excluding hydrogens is 290 g/mol. The van der Waals surface area contributed by atoms with Gasteiger partial charge >= 0.3 is 0 Å². The Labute approximate surface area is 135 Å². The van der Waals surface area contributed by atoms with Crippen molar-refractivity contribution in [3.63, 3.8) is 0 Å². The number of nitrogens with one attached hydrogen (secondary N) is 1. The number of hydrogen-bond donors (Lipinski definition) is 2. The van der Waals surface area contributed by atoms with Gasteiger partial charge in [-0.25, -0.2) is 4.98 Å². The Morgan fingerprint density at radius 2 is 2.04 bits per heavy atom. The molecular formula is C17H21N5O. The highest BCUT2D eigenvalue weighted by Crippen LogP contribution is 2.20. The zero-order valence-corrected chi connectivity index (χ0v) is 13.3. The van der Waals surface area contributed by atoms with Crippen molar-refractivity contribution in [3.8, 4) is 5.69 Å². The Bertz CT molecular complexity index is 759. The topological polar surface area (TPSA) is 67.9 Å². The fraction of sp³-hybridized carbons (Fsp3) is 0.294. The number of imidazole rings is 1. The highest BCUT2D eigenvalue weighted by molar-refractivity contribution is 5.43. The van der Waals surface area contributed by atoms with Crippen LogP contribution in [0.15, 0.2) is 49.1 Å². The third-order valence-corrected chi connectivity index (χ3v) is 3.84. The van der Waals surface area contributed by atoms with E-state index >= 15 is 0 Å². The van der Waals surface area contributed by atoms with Gasteiger partial charge in [0.25, 0.3) is 0 Å². The number of aliphatic hydroxyl groups excluding tert-OH is 1. The van der Waals surface area contributed by atoms with Crippen LogP contribution in [0.5, 0.6) is 0 Å². The maximum atomic E-state index is 8.92. The van der Waals surface area contributed by atoms with E-state index in [1.165, 1.54) is 5.56 Å². The molecule has 3 aromatic rings. The van der Waals surface area contributed by atoms with E-state index in [4.69, 9.17) is 5.11 Å². The average molecular weight is 311 g/mol. The molecule has 0 radical (unpaired) electrons. The quantitative estimate of drug-likeness (QED) is 0.734. The van der Waals surface area contributed by atoms with Crippen LogP contribution < -0.4 is 5.32 Å². The van der Waals surface area contributed by atoms with Crippen molar-refractivity contribution >= 4 is 5.69 Å². The molecule has 1 atom stereocenters. The van der Waals surface area contributed by atoms with Gasteiger partial charge in [-0.3, -0.25) is 4.68 Å². The van der Waals surface area contributed by atoms with Crippen LogP contribution in [0.2, 0.25) is 0 Å². The summed E-state index contributed by atoms with van der Waals surface area (Å²) in [6.45, 7) is 4.70. The molecule has 2 heterocycles. The van der Waals surface area contributed by atoms with Crippen molar-refractivity contribution in [3.05, 3.63) is 60.4 Å². The number of aliphatic hydroxyl groups is 1. The highest BCUT2D eigenvalue weighted by atomic mass is 16.3. The van der Waals surface area contributed by atoms with Crippen LogP contribution in [0.4, 0.5) is 5.69 Å². The molecule has 23 heavy (non-hydrogen) atoms. The van der Waals surface area contributed by atoms with E-state index in [2.05, 4.69) is 51.2 Å². The summed E-state index contributed by atoms with van der Waals surface area (Å²) >= 11 is 0. The molecule has 0 bridgehead atoms. The normalized spacial score (nSPS) is 12.3. The van der Waals surface area contributed by atoms with Gasteiger partial charge in [0.15, 0.2) is 0 Å². The van der Waals surface area contributed by atoms with E-state index in [9.17, 15) is 0 Å². The molecule has 6 nitrogen and oxygen atoms in total. The van der Waals surface area contributed by atoms with Gasteiger partial charge in [0.1, 0.15) is 5.82 Å². The Morgan fingerprint density at radius 1 is 1.26 bits per heavy atom. The zero-order valence-electron chi connectivity index (χ0n) is 13.3. The van der Waals surface area contributed by atoms with Crippen molar-refractivity contribution in [2.24, 2.45) is 0 Å². The summed E-state index contributed by atoms with van der Waals surface area (Å²) < 4.78 is 3.78. The number of benzene rings is 1. The van der Waals surface area contributed by atoms with Gasteiger partial charge in [-0.2, -0.15) is 5.10 Å². The van der Waals surface area contributed by atoms with E-state index in [-0.39, 0.29) is 12.6 Å². The van der Waals surface area contributed by atoms with Crippen molar-refractivity contribution in [2.75, 3.05) is 11.9 Å². The number of rotatable bonds is 6. The monoisotopic (exact) mass is 311 g/mol. The molecule has 0 aliphatic rings. The molecule has 0 amide bonds. The predicted octanol–water partition coefficient (Wildman–Crippen LogP) is 2.54. The van der Waals surface area contributed by atoms with E-state index in [0.29, 0.717) is 6.54 Å². The summed E-state index contributed by atoms with van der Waals surface area (Å²) in [6.07, 6.45) is 7.43. The van der Waals surface area contributed by atoms with Gasteiger partial charge in [-0.15, -0.1) is 0 Å². The molecule has 120 valence electrons. The molecule has 1 aromatic carbocycles. The first-order valence-electron chi connectivity index (χ1n) is 7.67. The minimum absolute atomic E-state index is 0.0891. The first-order valence-corrected chi connectivity index (χ1v) is 7.67. The summed E-state index contributed by atoms with van der Waals surface area (Å²) in [5.41, 5.74) is 3.24. The maximum absolute atomic E-state index is 8.92. The number of nitrogens with zero attached hydrogens (tertiary/aromatic N) is 4. The van der Waals surface area contributed by atoms with Crippen LogP contribution in [0.1, 0.15) is 24.4 Å². The smallest absolute Gasteiger partial charge is 0.110 e. The second-order valence-electron chi connectivity index (χ2n) is 5.52. The van der Waals surface area contributed by atoms with Crippen LogP contribution in [0.3, 0.4) is 0 Å². The van der Waals surface area contributed by atoms with Crippen LogP contribution in [-0.2, 0) is 6.54 Å². The number of aromatic nitrogens is 4. The summed E-state index contributed by atoms with van der Waals surface area (Å²) in [6, 6.07) is 8.59. The second-order valence-corrected chi connectivity index (χ2v) is 5.52. The Kier molecular flexibility index (Phi) is 4.43. The fourth-order valence-corrected chi connectivity index (χ4v) is 2.57. The van der Waals surface area contributed by atoms with Gasteiger partial charge < -0.3 is 15.0 Å². The molecule has 2 aromatic heterocycles. The summed E-state index contributed by atoms with van der Waals surface area (Å²) in [7, 11) is 0. The Hall–Kier alpha value is -2.60. The summed E-state index contributed by atoms with van der Waals surface area (Å²) in [4.78, 5) is 4.25. The molecule has 0 aliphatic carbocycles. The predicted molar refractivity (Wildman–Crippen MR) is 89.7 cm³/mol. The Balaban J connectivity index is 1.69. The molecule has 0 saturated carbocycles. The van der Waals surface area contributed by atoms with Crippen LogP contribution >= 0.6 is 0 Å². The summed E-state index contributed by atoms with van der Waals surface area (Å²) in [5, 5.41) is 16.5. The third kappa shape index (κ3) is 3.43. The largest absolute Gasteiger partial charge is 0.394 e. The van der Waals surface area contributed by atoms with Crippen molar-refractivity contribution in [1.29, 1.82) is 0 Å². The standard InChI is InChI=1S/C17H21N5O/c1-13(20-16-11-19-21(12-16)9-10-23)15-3-5-17(6-4-15)22-8-7-18-14(22)2/h3-8,11-13,20,23H,9-10H2,1-2H3. The minimum Gasteiger partial charge on any atom is -0.394 e. The molecule has 0 saturated heterocycles. The van der Waals surface area contributed by atoms with Gasteiger partial charge in [-0.1, -0.05) is 12.1 Å². The van der Waals surface area contributed by atoms with Gasteiger partial charge in [-0.05, 0) is 31.5 Å².